The van der Waals surface area contributed by atoms with Crippen molar-refractivity contribution >= 4 is 0 Å². The zero-order valence-electron chi connectivity index (χ0n) is 13.5. The molecule has 22 heavy (non-hydrogen) atoms. The van der Waals surface area contributed by atoms with E-state index in [0.717, 1.165) is 11.1 Å². The minimum Gasteiger partial charge on any atom is -0.392 e. The van der Waals surface area contributed by atoms with Gasteiger partial charge in [-0.15, -0.1) is 0 Å². The fraction of sp³-hybridized carbons (Fsp3) is 0.316. The summed E-state index contributed by atoms with van der Waals surface area (Å²) in [4.78, 5) is 0. The van der Waals surface area contributed by atoms with Crippen LogP contribution in [0.2, 0.25) is 0 Å². The van der Waals surface area contributed by atoms with Crippen LogP contribution in [0.15, 0.2) is 48.5 Å². The third kappa shape index (κ3) is 4.97. The molecule has 0 fully saturated rings. The molecule has 2 rings (SSSR count). The SMILES string of the molecule is CC(c1ccc(CO)cc1)C(C)c1ccc(CO)cc1.[CH3-].[Cr]. The summed E-state index contributed by atoms with van der Waals surface area (Å²) >= 11 is 0. The normalized spacial score (nSPS) is 12.7. The summed E-state index contributed by atoms with van der Waals surface area (Å²) in [7, 11) is 0. The molecule has 0 spiro atoms. The van der Waals surface area contributed by atoms with Gasteiger partial charge in [-0.1, -0.05) is 62.4 Å². The number of hydrogen-bond acceptors (Lipinski definition) is 2. The molecule has 3 heteroatoms. The van der Waals surface area contributed by atoms with Gasteiger partial charge in [-0.3, -0.25) is 0 Å². The average molecular weight is 337 g/mol. The molecule has 0 aromatic heterocycles. The quantitative estimate of drug-likeness (QED) is 0.809. The monoisotopic (exact) mass is 337 g/mol. The Labute approximate surface area is 145 Å². The van der Waals surface area contributed by atoms with Crippen LogP contribution in [0.25, 0.3) is 0 Å². The van der Waals surface area contributed by atoms with Gasteiger partial charge in [-0.25, -0.2) is 0 Å². The molecule has 0 bridgehead atoms. The van der Waals surface area contributed by atoms with Crippen molar-refractivity contribution in [2.24, 2.45) is 0 Å². The first-order valence-corrected chi connectivity index (χ1v) is 7.05. The number of aliphatic hydroxyl groups is 2. The predicted octanol–water partition coefficient (Wildman–Crippen LogP) is 4.03. The molecule has 2 nitrogen and oxygen atoms in total. The molecule has 0 aliphatic carbocycles. The van der Waals surface area contributed by atoms with E-state index in [1.165, 1.54) is 11.1 Å². The van der Waals surface area contributed by atoms with E-state index in [0.29, 0.717) is 11.8 Å². The third-order valence-electron chi connectivity index (χ3n) is 4.13. The van der Waals surface area contributed by atoms with Gasteiger partial charge in [0.15, 0.2) is 0 Å². The Hall–Kier alpha value is -1.11. The molecule has 0 heterocycles. The molecular weight excluding hydrogens is 312 g/mol. The van der Waals surface area contributed by atoms with Crippen molar-refractivity contribution in [3.05, 3.63) is 78.2 Å². The Kier molecular flexibility index (Phi) is 9.32. The molecule has 120 valence electrons. The summed E-state index contributed by atoms with van der Waals surface area (Å²) in [5.41, 5.74) is 4.45. The fourth-order valence-electron chi connectivity index (χ4n) is 2.43. The standard InChI is InChI=1S/C18H22O2.CH3.Cr/c1-13(17-7-3-15(11-19)4-8-17)14(2)18-9-5-16(12-20)6-10-18;;/h3-10,13-14,19-20H,11-12H2,1-2H3;1H3;/q;-1;. The number of rotatable bonds is 5. The predicted molar refractivity (Wildman–Crippen MR) is 88.0 cm³/mol. The van der Waals surface area contributed by atoms with E-state index >= 15 is 0 Å². The molecule has 0 amide bonds. The van der Waals surface area contributed by atoms with Crippen molar-refractivity contribution in [3.8, 4) is 0 Å². The smallest absolute Gasteiger partial charge is 0.0681 e. The molecule has 0 saturated carbocycles. The maximum Gasteiger partial charge on any atom is 0.0681 e. The second-order valence-corrected chi connectivity index (χ2v) is 5.38. The second-order valence-electron chi connectivity index (χ2n) is 5.38. The van der Waals surface area contributed by atoms with E-state index in [4.69, 9.17) is 10.2 Å². The van der Waals surface area contributed by atoms with Crippen LogP contribution in [0, 0.1) is 7.43 Å². The van der Waals surface area contributed by atoms with Gasteiger partial charge in [0, 0.05) is 17.4 Å². The fourth-order valence-corrected chi connectivity index (χ4v) is 2.43. The summed E-state index contributed by atoms with van der Waals surface area (Å²) < 4.78 is 0. The summed E-state index contributed by atoms with van der Waals surface area (Å²) in [6, 6.07) is 16.3. The molecule has 0 radical (unpaired) electrons. The maximum absolute atomic E-state index is 9.08. The average Bonchev–Trinajstić information content (AvgIpc) is 2.53. The number of hydrogen-bond donors (Lipinski definition) is 2. The van der Waals surface area contributed by atoms with Crippen LogP contribution in [0.5, 0.6) is 0 Å². The van der Waals surface area contributed by atoms with Crippen LogP contribution in [0.3, 0.4) is 0 Å². The zero-order chi connectivity index (χ0) is 14.5. The van der Waals surface area contributed by atoms with Crippen LogP contribution >= 0.6 is 0 Å². The van der Waals surface area contributed by atoms with Crippen LogP contribution in [-0.4, -0.2) is 10.2 Å². The van der Waals surface area contributed by atoms with Crippen molar-refractivity contribution in [1.82, 2.24) is 0 Å². The maximum atomic E-state index is 9.08. The van der Waals surface area contributed by atoms with E-state index in [9.17, 15) is 0 Å². The largest absolute Gasteiger partial charge is 0.392 e. The molecule has 0 aliphatic rings. The summed E-state index contributed by atoms with van der Waals surface area (Å²) in [6.07, 6.45) is 0. The molecule has 2 aromatic rings. The molecule has 2 unspecified atom stereocenters. The Balaban J connectivity index is 0.00000220. The Morgan fingerprint density at radius 2 is 0.955 bits per heavy atom. The van der Waals surface area contributed by atoms with E-state index in [1.54, 1.807) is 0 Å². The van der Waals surface area contributed by atoms with Crippen molar-refractivity contribution in [1.29, 1.82) is 0 Å². The van der Waals surface area contributed by atoms with Gasteiger partial charge >= 0.3 is 0 Å². The van der Waals surface area contributed by atoms with Crippen molar-refractivity contribution in [3.63, 3.8) is 0 Å². The van der Waals surface area contributed by atoms with Gasteiger partial charge in [0.05, 0.1) is 13.2 Å². The van der Waals surface area contributed by atoms with Gasteiger partial charge in [-0.2, -0.15) is 0 Å². The number of aliphatic hydroxyl groups excluding tert-OH is 2. The van der Waals surface area contributed by atoms with Gasteiger partial charge in [0.2, 0.25) is 0 Å². The summed E-state index contributed by atoms with van der Waals surface area (Å²) in [5, 5.41) is 18.2. The minimum atomic E-state index is 0. The topological polar surface area (TPSA) is 40.5 Å². The van der Waals surface area contributed by atoms with Gasteiger partial charge in [-0.05, 0) is 34.1 Å². The van der Waals surface area contributed by atoms with Crippen molar-refractivity contribution in [2.45, 2.75) is 38.9 Å². The van der Waals surface area contributed by atoms with Gasteiger partial charge in [0.1, 0.15) is 0 Å². The molecule has 2 atom stereocenters. The summed E-state index contributed by atoms with van der Waals surface area (Å²) in [6.45, 7) is 4.62. The molecule has 0 aliphatic heterocycles. The van der Waals surface area contributed by atoms with Crippen molar-refractivity contribution in [2.75, 3.05) is 0 Å². The van der Waals surface area contributed by atoms with Crippen LogP contribution in [0.4, 0.5) is 0 Å². The van der Waals surface area contributed by atoms with E-state index in [-0.39, 0.29) is 38.0 Å². The molecular formula is C19H25CrO2-. The van der Waals surface area contributed by atoms with Crippen LogP contribution in [0.1, 0.15) is 47.9 Å². The molecule has 2 N–H and O–H groups in total. The first-order chi connectivity index (χ1) is 9.65. The third-order valence-corrected chi connectivity index (χ3v) is 4.13. The number of benzene rings is 2. The Bertz CT molecular complexity index is 483. The van der Waals surface area contributed by atoms with Crippen LogP contribution < -0.4 is 0 Å². The minimum absolute atomic E-state index is 0. The zero-order valence-corrected chi connectivity index (χ0v) is 14.8. The Morgan fingerprint density at radius 3 is 1.18 bits per heavy atom. The van der Waals surface area contributed by atoms with E-state index in [1.807, 2.05) is 24.3 Å². The first kappa shape index (κ1) is 20.9. The van der Waals surface area contributed by atoms with Gasteiger partial charge < -0.3 is 17.6 Å². The molecule has 2 aromatic carbocycles. The van der Waals surface area contributed by atoms with E-state index in [2.05, 4.69) is 38.1 Å². The summed E-state index contributed by atoms with van der Waals surface area (Å²) in [5.74, 6) is 0.811. The Morgan fingerprint density at radius 1 is 0.682 bits per heavy atom. The molecule has 0 saturated heterocycles. The van der Waals surface area contributed by atoms with Crippen LogP contribution in [-0.2, 0) is 30.6 Å². The van der Waals surface area contributed by atoms with Crippen molar-refractivity contribution < 1.29 is 27.6 Å². The van der Waals surface area contributed by atoms with E-state index < -0.39 is 0 Å². The second kappa shape index (κ2) is 9.82. The van der Waals surface area contributed by atoms with Gasteiger partial charge in [0.25, 0.3) is 0 Å². The first-order valence-electron chi connectivity index (χ1n) is 7.05.